The van der Waals surface area contributed by atoms with Crippen LogP contribution in [0.3, 0.4) is 0 Å². The highest BCUT2D eigenvalue weighted by molar-refractivity contribution is 6.30. The highest BCUT2D eigenvalue weighted by atomic mass is 35.5. The fourth-order valence-electron chi connectivity index (χ4n) is 3.36. The number of carbonyl (C=O) groups is 1. The Labute approximate surface area is 183 Å². The first kappa shape index (κ1) is 21.9. The van der Waals surface area contributed by atoms with Crippen LogP contribution in [0.2, 0.25) is 5.02 Å². The van der Waals surface area contributed by atoms with Gasteiger partial charge in [0.1, 0.15) is 24.2 Å². The molecule has 0 aliphatic heterocycles. The van der Waals surface area contributed by atoms with E-state index in [4.69, 9.17) is 21.1 Å². The number of aldehydes is 1. The van der Waals surface area contributed by atoms with Crippen LogP contribution in [0.5, 0.6) is 11.5 Å². The number of hydrogen-bond acceptors (Lipinski definition) is 3. The van der Waals surface area contributed by atoms with Gasteiger partial charge in [-0.2, -0.15) is 0 Å². The molecule has 0 aliphatic carbocycles. The number of benzene rings is 3. The second-order valence-corrected chi connectivity index (χ2v) is 7.72. The molecule has 3 nitrogen and oxygen atoms in total. The summed E-state index contributed by atoms with van der Waals surface area (Å²) in [5.41, 5.74) is 4.39. The van der Waals surface area contributed by atoms with Crippen molar-refractivity contribution >= 4 is 17.9 Å². The number of unbranched alkanes of at least 4 members (excludes halogenated alkanes) is 1. The van der Waals surface area contributed by atoms with Gasteiger partial charge < -0.3 is 9.47 Å². The van der Waals surface area contributed by atoms with E-state index < -0.39 is 0 Å². The van der Waals surface area contributed by atoms with Gasteiger partial charge in [-0.3, -0.25) is 4.79 Å². The van der Waals surface area contributed by atoms with Gasteiger partial charge >= 0.3 is 0 Å². The van der Waals surface area contributed by atoms with Gasteiger partial charge in [0.2, 0.25) is 0 Å². The molecule has 0 N–H and O–H groups in total. The summed E-state index contributed by atoms with van der Waals surface area (Å²) in [6.07, 6.45) is 3.87. The van der Waals surface area contributed by atoms with Crippen molar-refractivity contribution in [3.8, 4) is 22.6 Å². The van der Waals surface area contributed by atoms with Crippen LogP contribution < -0.4 is 9.47 Å². The minimum atomic E-state index is -0.0228. The molecule has 0 radical (unpaired) electrons. The molecule has 3 aromatic rings. The molecule has 0 amide bonds. The van der Waals surface area contributed by atoms with E-state index in [9.17, 15) is 4.79 Å². The van der Waals surface area contributed by atoms with Crippen LogP contribution in [-0.4, -0.2) is 12.9 Å². The van der Waals surface area contributed by atoms with Gasteiger partial charge in [-0.1, -0.05) is 61.3 Å². The lowest BCUT2D eigenvalue weighted by atomic mass is 9.99. The summed E-state index contributed by atoms with van der Waals surface area (Å²) < 4.78 is 11.8. The lowest BCUT2D eigenvalue weighted by molar-refractivity contribution is -0.109. The molecule has 0 spiro atoms. The molecule has 3 rings (SSSR count). The summed E-state index contributed by atoms with van der Waals surface area (Å²) in [6, 6.07) is 22.1. The van der Waals surface area contributed by atoms with Crippen molar-refractivity contribution in [2.24, 2.45) is 0 Å². The SMILES string of the molecule is CCCCC(Oc1ccc(OCC=O)c(C)c1)c1ccc(-c2ccc(Cl)cc2)cc1. The standard InChI is InChI=1S/C26H27ClO3/c1-3-4-5-26(30-24-14-15-25(19(2)18-24)29-17-16-28)22-8-6-20(7-9-22)21-10-12-23(27)13-11-21/h6-16,18,26H,3-5,17H2,1-2H3. The second-order valence-electron chi connectivity index (χ2n) is 7.28. The fraction of sp³-hybridized carbons (Fsp3) is 0.269. The Balaban J connectivity index is 1.77. The summed E-state index contributed by atoms with van der Waals surface area (Å²) >= 11 is 6.00. The largest absolute Gasteiger partial charge is 0.486 e. The van der Waals surface area contributed by atoms with E-state index >= 15 is 0 Å². The number of ether oxygens (including phenoxy) is 2. The lowest BCUT2D eigenvalue weighted by Gasteiger charge is -2.21. The monoisotopic (exact) mass is 422 g/mol. The molecule has 4 heteroatoms. The summed E-state index contributed by atoms with van der Waals surface area (Å²) in [7, 11) is 0. The Kier molecular flexibility index (Phi) is 7.92. The summed E-state index contributed by atoms with van der Waals surface area (Å²) in [4.78, 5) is 10.5. The number of aryl methyl sites for hydroxylation is 1. The fourth-order valence-corrected chi connectivity index (χ4v) is 3.49. The predicted molar refractivity (Wildman–Crippen MR) is 123 cm³/mol. The molecule has 1 unspecified atom stereocenters. The first-order chi connectivity index (χ1) is 14.6. The minimum absolute atomic E-state index is 0.0228. The van der Waals surface area contributed by atoms with Crippen LogP contribution in [0.25, 0.3) is 11.1 Å². The average molecular weight is 423 g/mol. The second kappa shape index (κ2) is 10.8. The van der Waals surface area contributed by atoms with Gasteiger partial charge in [0.15, 0.2) is 6.29 Å². The molecule has 0 heterocycles. The van der Waals surface area contributed by atoms with Crippen LogP contribution >= 0.6 is 11.6 Å². The molecule has 0 fully saturated rings. The van der Waals surface area contributed by atoms with Gasteiger partial charge in [0.05, 0.1) is 0 Å². The predicted octanol–water partition coefficient (Wildman–Crippen LogP) is 7.20. The van der Waals surface area contributed by atoms with Crippen LogP contribution in [0, 0.1) is 6.92 Å². The Morgan fingerprint density at radius 1 is 0.967 bits per heavy atom. The molecule has 0 saturated heterocycles. The molecular formula is C26H27ClO3. The van der Waals surface area contributed by atoms with E-state index in [0.29, 0.717) is 5.75 Å². The molecule has 3 aromatic carbocycles. The summed E-state index contributed by atoms with van der Waals surface area (Å²) in [5.74, 6) is 1.50. The van der Waals surface area contributed by atoms with E-state index in [0.717, 1.165) is 58.6 Å². The van der Waals surface area contributed by atoms with Gasteiger partial charge in [-0.25, -0.2) is 0 Å². The van der Waals surface area contributed by atoms with Crippen molar-refractivity contribution in [3.63, 3.8) is 0 Å². The summed E-state index contributed by atoms with van der Waals surface area (Å²) in [5, 5.41) is 0.737. The zero-order valence-electron chi connectivity index (χ0n) is 17.4. The van der Waals surface area contributed by atoms with Gasteiger partial charge in [-0.15, -0.1) is 0 Å². The molecule has 1 atom stereocenters. The van der Waals surface area contributed by atoms with E-state index in [1.807, 2.05) is 49.4 Å². The molecule has 0 aromatic heterocycles. The van der Waals surface area contributed by atoms with E-state index in [2.05, 4.69) is 31.2 Å². The molecule has 0 aliphatic rings. The van der Waals surface area contributed by atoms with Crippen molar-refractivity contribution in [2.75, 3.05) is 6.61 Å². The number of rotatable bonds is 10. The topological polar surface area (TPSA) is 35.5 Å². The quantitative estimate of drug-likeness (QED) is 0.324. The number of hydrogen-bond donors (Lipinski definition) is 0. The van der Waals surface area contributed by atoms with Crippen molar-refractivity contribution in [2.45, 2.75) is 39.2 Å². The summed E-state index contributed by atoms with van der Waals surface area (Å²) in [6.45, 7) is 4.19. The normalized spacial score (nSPS) is 11.7. The molecule has 0 saturated carbocycles. The van der Waals surface area contributed by atoms with Crippen LogP contribution in [0.1, 0.15) is 43.4 Å². The van der Waals surface area contributed by atoms with Crippen molar-refractivity contribution in [1.29, 1.82) is 0 Å². The molecule has 156 valence electrons. The van der Waals surface area contributed by atoms with E-state index in [-0.39, 0.29) is 12.7 Å². The molecule has 30 heavy (non-hydrogen) atoms. The van der Waals surface area contributed by atoms with Crippen molar-refractivity contribution in [1.82, 2.24) is 0 Å². The zero-order chi connectivity index (χ0) is 21.3. The minimum Gasteiger partial charge on any atom is -0.486 e. The third kappa shape index (κ3) is 5.87. The Bertz CT molecular complexity index is 949. The maximum absolute atomic E-state index is 10.5. The Hall–Kier alpha value is -2.78. The number of halogens is 1. The van der Waals surface area contributed by atoms with Crippen LogP contribution in [-0.2, 0) is 4.79 Å². The third-order valence-corrected chi connectivity index (χ3v) is 5.26. The molecular weight excluding hydrogens is 396 g/mol. The number of carbonyl (C=O) groups excluding carboxylic acids is 1. The van der Waals surface area contributed by atoms with E-state index in [1.165, 1.54) is 0 Å². The Morgan fingerprint density at radius 2 is 1.63 bits per heavy atom. The van der Waals surface area contributed by atoms with Crippen LogP contribution in [0.15, 0.2) is 66.7 Å². The highest BCUT2D eigenvalue weighted by Crippen LogP contribution is 2.31. The average Bonchev–Trinajstić information content (AvgIpc) is 2.77. The lowest BCUT2D eigenvalue weighted by Crippen LogP contribution is -2.08. The van der Waals surface area contributed by atoms with E-state index in [1.54, 1.807) is 0 Å². The van der Waals surface area contributed by atoms with Crippen molar-refractivity contribution in [3.05, 3.63) is 82.9 Å². The zero-order valence-corrected chi connectivity index (χ0v) is 18.2. The maximum Gasteiger partial charge on any atom is 0.157 e. The first-order valence-corrected chi connectivity index (χ1v) is 10.7. The third-order valence-electron chi connectivity index (χ3n) is 5.01. The van der Waals surface area contributed by atoms with Gasteiger partial charge in [0, 0.05) is 5.02 Å². The van der Waals surface area contributed by atoms with Gasteiger partial charge in [0.25, 0.3) is 0 Å². The molecule has 0 bridgehead atoms. The van der Waals surface area contributed by atoms with Crippen LogP contribution in [0.4, 0.5) is 0 Å². The highest BCUT2D eigenvalue weighted by Gasteiger charge is 2.14. The first-order valence-electron chi connectivity index (χ1n) is 10.3. The maximum atomic E-state index is 10.5. The Morgan fingerprint density at radius 3 is 2.23 bits per heavy atom. The smallest absolute Gasteiger partial charge is 0.157 e. The van der Waals surface area contributed by atoms with Crippen molar-refractivity contribution < 1.29 is 14.3 Å². The van der Waals surface area contributed by atoms with Gasteiger partial charge in [-0.05, 0) is 72.4 Å².